The molecule has 3 aromatic heterocycles. The van der Waals surface area contributed by atoms with Crippen LogP contribution in [-0.4, -0.2) is 96.8 Å². The molecule has 0 unspecified atom stereocenters. The molecular formula is C36H55FN6O12P2S2Si2. The van der Waals surface area contributed by atoms with Crippen molar-refractivity contribution in [1.82, 2.24) is 24.5 Å². The first-order valence-corrected chi connectivity index (χ1v) is 29.5. The average Bonchev–Trinajstić information content (AvgIpc) is 3.84. The Bertz CT molecular complexity index is 2170. The van der Waals surface area contributed by atoms with Crippen molar-refractivity contribution in [2.24, 2.45) is 5.92 Å². The molecule has 0 aromatic carbocycles. The van der Waals surface area contributed by atoms with Crippen molar-refractivity contribution in [3.63, 3.8) is 0 Å². The lowest BCUT2D eigenvalue weighted by Crippen LogP contribution is -2.62. The zero-order valence-electron chi connectivity index (χ0n) is 35.3. The van der Waals surface area contributed by atoms with Gasteiger partial charge in [-0.2, -0.15) is 5.26 Å². The maximum Gasteiger partial charge on any atom is 0.386 e. The van der Waals surface area contributed by atoms with Gasteiger partial charge in [0.05, 0.1) is 44.7 Å². The zero-order valence-corrected chi connectivity index (χ0v) is 40.8. The van der Waals surface area contributed by atoms with Crippen molar-refractivity contribution >= 4 is 65.7 Å². The molecular weight excluding hydrogens is 910 g/mol. The molecule has 25 heteroatoms. The van der Waals surface area contributed by atoms with Crippen LogP contribution in [0.15, 0.2) is 35.9 Å². The molecule has 1 aliphatic carbocycles. The number of ether oxygens (including phenoxy) is 2. The van der Waals surface area contributed by atoms with Crippen molar-refractivity contribution in [2.75, 3.05) is 19.8 Å². The van der Waals surface area contributed by atoms with Crippen LogP contribution in [0.2, 0.25) is 22.2 Å². The molecule has 61 heavy (non-hydrogen) atoms. The molecule has 1 saturated carbocycles. The number of nitrogens with zero attached hydrogens (tertiary/aromatic N) is 5. The summed E-state index contributed by atoms with van der Waals surface area (Å²) < 4.78 is 90.2. The Balaban J connectivity index is 1.48. The van der Waals surface area contributed by atoms with E-state index < -0.39 is 91.3 Å². The SMILES string of the molecule is CC(C)[Si](O)(O[Si](O[C@H]1[C@H]2O[P@@](=S)(OCCC#N)OC[C@H]3C[C@@H](Oc4ccncn4)C[C@@H]3O[P@](=O)(S)OC[C@H]1O[C@H]2n1cc(F)c2c(=O)[nH]cnc21)(C(C)C)C(C)C)C(C)C. The van der Waals surface area contributed by atoms with Crippen molar-refractivity contribution < 1.29 is 54.4 Å². The first kappa shape index (κ1) is 48.5. The molecule has 5 heterocycles. The molecule has 338 valence electrons. The summed E-state index contributed by atoms with van der Waals surface area (Å²) in [6.45, 7) is 6.58. The lowest BCUT2D eigenvalue weighted by molar-refractivity contribution is -0.0505. The van der Waals surface area contributed by atoms with Gasteiger partial charge in [0.1, 0.15) is 36.1 Å². The monoisotopic (exact) mass is 964 g/mol. The van der Waals surface area contributed by atoms with Crippen LogP contribution in [0, 0.1) is 23.1 Å². The van der Waals surface area contributed by atoms with Crippen LogP contribution < -0.4 is 10.3 Å². The summed E-state index contributed by atoms with van der Waals surface area (Å²) in [6.07, 6.45) is -0.670. The number of nitrogens with one attached hydrogen (secondary N) is 1. The van der Waals surface area contributed by atoms with E-state index in [4.69, 9.17) is 52.4 Å². The standard InChI is InChI=1S/C36H55FN6O12P2S2Si2/c1-21(2)60(46,22(3)4)55-61(23(5)6,24(7)8)54-32-29-18-48-56(45,58)52-28-15-26(50-30-10-12-39-19-40-30)14-25(28)17-49-57(59,47-13-9-11-38)53-33(32)36(51-29)43-16-27(37)31-34(43)41-20-42-35(31)44/h10,12,16,19-26,28-29,32-33,36,46H,9,13-15,17-18H2,1-8H3,(H,45,58)(H,41,42,44)/t25-,26-,28+,29-,32-,33-,36-,56-,57-/m1/s1. The van der Waals surface area contributed by atoms with Crippen LogP contribution in [-0.2, 0) is 52.3 Å². The molecule has 3 aromatic rings. The highest BCUT2D eigenvalue weighted by molar-refractivity contribution is 8.44. The van der Waals surface area contributed by atoms with Crippen LogP contribution in [0.3, 0.4) is 0 Å². The van der Waals surface area contributed by atoms with Gasteiger partial charge in [-0.05, 0) is 40.4 Å². The topological polar surface area (TPSA) is 221 Å². The molecule has 0 radical (unpaired) electrons. The predicted molar refractivity (Wildman–Crippen MR) is 232 cm³/mol. The maximum absolute atomic E-state index is 15.7. The predicted octanol–water partition coefficient (Wildman–Crippen LogP) is 7.34. The van der Waals surface area contributed by atoms with E-state index in [-0.39, 0.29) is 59.3 Å². The van der Waals surface area contributed by atoms with E-state index >= 15 is 4.39 Å². The Morgan fingerprint density at radius 3 is 2.44 bits per heavy atom. The number of halogens is 1. The zero-order chi connectivity index (χ0) is 44.5. The van der Waals surface area contributed by atoms with Gasteiger partial charge in [0.15, 0.2) is 17.7 Å². The second kappa shape index (κ2) is 19.6. The van der Waals surface area contributed by atoms with Crippen LogP contribution in [0.1, 0.15) is 80.9 Å². The van der Waals surface area contributed by atoms with Crippen molar-refractivity contribution in [3.05, 3.63) is 47.3 Å². The number of nitriles is 1. The molecule has 6 rings (SSSR count). The molecule has 3 fully saturated rings. The number of hydrogen-bond donors (Lipinski definition) is 3. The normalized spacial score (nSPS) is 30.4. The Hall–Kier alpha value is -1.98. The van der Waals surface area contributed by atoms with E-state index in [0.29, 0.717) is 12.3 Å². The van der Waals surface area contributed by atoms with Gasteiger partial charge in [-0.1, -0.05) is 67.6 Å². The van der Waals surface area contributed by atoms with Gasteiger partial charge in [0.25, 0.3) is 5.56 Å². The van der Waals surface area contributed by atoms with E-state index in [0.717, 1.165) is 12.5 Å². The summed E-state index contributed by atoms with van der Waals surface area (Å²) in [5, 5.41) is 9.15. The lowest BCUT2D eigenvalue weighted by Gasteiger charge is -2.47. The fourth-order valence-electron chi connectivity index (χ4n) is 8.10. The highest BCUT2D eigenvalue weighted by Crippen LogP contribution is 2.60. The van der Waals surface area contributed by atoms with Gasteiger partial charge in [0.2, 0.25) is 5.88 Å². The summed E-state index contributed by atoms with van der Waals surface area (Å²) in [6, 6.07) is 3.65. The third-order valence-corrected chi connectivity index (χ3v) is 25.0. The van der Waals surface area contributed by atoms with Crippen molar-refractivity contribution in [3.8, 4) is 11.9 Å². The highest BCUT2D eigenvalue weighted by Gasteiger charge is 2.60. The minimum Gasteiger partial charge on any atom is -0.474 e. The molecule has 0 spiro atoms. The summed E-state index contributed by atoms with van der Waals surface area (Å²) in [7, 11) is -7.19. The Morgan fingerprint density at radius 2 is 1.80 bits per heavy atom. The Morgan fingerprint density at radius 1 is 1.08 bits per heavy atom. The average molecular weight is 965 g/mol. The fraction of sp³-hybridized carbons (Fsp3) is 0.694. The van der Waals surface area contributed by atoms with Crippen molar-refractivity contribution in [2.45, 2.75) is 134 Å². The lowest BCUT2D eigenvalue weighted by atomic mass is 10.1. The number of thiol groups is 1. The quantitative estimate of drug-likeness (QED) is 0.0623. The molecule has 3 aliphatic rings. The van der Waals surface area contributed by atoms with Crippen LogP contribution in [0.5, 0.6) is 5.88 Å². The fourth-order valence-corrected chi connectivity index (χ4v) is 21.7. The van der Waals surface area contributed by atoms with Gasteiger partial charge >= 0.3 is 30.6 Å². The molecule has 18 nitrogen and oxygen atoms in total. The van der Waals surface area contributed by atoms with Gasteiger partial charge in [0, 0.05) is 30.8 Å². The molecule has 2 saturated heterocycles. The first-order valence-electron chi connectivity index (χ1n) is 20.2. The Kier molecular flexibility index (Phi) is 15.6. The van der Waals surface area contributed by atoms with Gasteiger partial charge in [-0.3, -0.25) is 18.4 Å². The van der Waals surface area contributed by atoms with E-state index in [1.54, 1.807) is 12.3 Å². The third kappa shape index (κ3) is 10.6. The highest BCUT2D eigenvalue weighted by atomic mass is 32.7. The van der Waals surface area contributed by atoms with Crippen LogP contribution >= 0.6 is 25.8 Å². The Labute approximate surface area is 366 Å². The number of rotatable bonds is 14. The van der Waals surface area contributed by atoms with E-state index in [1.807, 2.05) is 61.5 Å². The minimum absolute atomic E-state index is 0.0583. The number of aromatic nitrogens is 5. The summed E-state index contributed by atoms with van der Waals surface area (Å²) >= 11 is 10.5. The maximum atomic E-state index is 15.7. The summed E-state index contributed by atoms with van der Waals surface area (Å²) in [4.78, 5) is 40.0. The van der Waals surface area contributed by atoms with Crippen LogP contribution in [0.4, 0.5) is 4.39 Å². The van der Waals surface area contributed by atoms with Gasteiger partial charge in [-0.15, -0.1) is 0 Å². The molecule has 0 amide bonds. The largest absolute Gasteiger partial charge is 0.474 e. The summed E-state index contributed by atoms with van der Waals surface area (Å²) in [5.74, 6) is -1.05. The van der Waals surface area contributed by atoms with E-state index in [2.05, 4.69) is 32.2 Å². The first-order chi connectivity index (χ1) is 28.7. The van der Waals surface area contributed by atoms with Gasteiger partial charge < -0.3 is 41.4 Å². The number of hydrogen-bond acceptors (Lipinski definition) is 17. The molecule has 2 aliphatic heterocycles. The minimum atomic E-state index is -4.21. The van der Waals surface area contributed by atoms with Crippen LogP contribution in [0.25, 0.3) is 11.0 Å². The third-order valence-electron chi connectivity index (χ3n) is 11.3. The number of fused-ring (bicyclic) bond motifs is 4. The second-order valence-corrected chi connectivity index (χ2v) is 31.1. The number of H-pyrrole nitrogens is 1. The van der Waals surface area contributed by atoms with E-state index in [1.165, 1.54) is 10.9 Å². The summed E-state index contributed by atoms with van der Waals surface area (Å²) in [5.41, 5.74) is -1.83. The smallest absolute Gasteiger partial charge is 0.386 e. The molecule has 9 atom stereocenters. The molecule has 2 N–H and O–H groups in total. The second-order valence-electron chi connectivity index (χ2n) is 16.6. The van der Waals surface area contributed by atoms with E-state index in [9.17, 15) is 19.4 Å². The van der Waals surface area contributed by atoms with Gasteiger partial charge in [-0.25, -0.2) is 23.9 Å². The molecule has 2 bridgehead atoms. The number of aromatic amines is 1. The van der Waals surface area contributed by atoms with Crippen molar-refractivity contribution in [1.29, 1.82) is 5.26 Å².